The normalized spacial score (nSPS) is 12.9. The number of hydrogen-bond donors (Lipinski definition) is 2. The quantitative estimate of drug-likeness (QED) is 0.671. The van der Waals surface area contributed by atoms with Crippen LogP contribution in [0.25, 0.3) is 0 Å². The fourth-order valence-corrected chi connectivity index (χ4v) is 4.29. The Kier molecular flexibility index (Phi) is 7.05. The number of ether oxygens (including phenoxy) is 1. The summed E-state index contributed by atoms with van der Waals surface area (Å²) in [6.07, 6.45) is -1.09. The van der Waals surface area contributed by atoms with Crippen molar-refractivity contribution in [1.29, 1.82) is 0 Å². The Morgan fingerprint density at radius 2 is 1.69 bits per heavy atom. The molecule has 0 saturated carbocycles. The molecule has 0 bridgehead atoms. The van der Waals surface area contributed by atoms with Crippen molar-refractivity contribution in [3.8, 4) is 0 Å². The smallest absolute Gasteiger partial charge is 0.338 e. The number of halogens is 1. The number of carbonyl (C=O) groups excluding carboxylic acids is 2. The highest BCUT2D eigenvalue weighted by molar-refractivity contribution is 7.89. The van der Waals surface area contributed by atoms with E-state index in [2.05, 4.69) is 10.0 Å². The fourth-order valence-electron chi connectivity index (χ4n) is 2.34. The summed E-state index contributed by atoms with van der Waals surface area (Å²) in [6.45, 7) is 6.47. The zero-order valence-electron chi connectivity index (χ0n) is 16.5. The Labute approximate surface area is 175 Å². The third kappa shape index (κ3) is 6.56. The third-order valence-corrected chi connectivity index (χ3v) is 5.83. The lowest BCUT2D eigenvalue weighted by atomic mass is 10.1. The van der Waals surface area contributed by atoms with E-state index in [1.807, 2.05) is 0 Å². The molecule has 0 aliphatic carbocycles. The third-order valence-electron chi connectivity index (χ3n) is 3.59. The van der Waals surface area contributed by atoms with Gasteiger partial charge in [0.25, 0.3) is 5.91 Å². The van der Waals surface area contributed by atoms with Gasteiger partial charge in [-0.05, 0) is 58.0 Å². The van der Waals surface area contributed by atoms with Gasteiger partial charge in [0.15, 0.2) is 6.10 Å². The molecule has 2 rings (SSSR count). The van der Waals surface area contributed by atoms with Crippen molar-refractivity contribution in [3.63, 3.8) is 0 Å². The lowest BCUT2D eigenvalue weighted by molar-refractivity contribution is -0.123. The minimum absolute atomic E-state index is 0.0341. The van der Waals surface area contributed by atoms with Gasteiger partial charge in [0, 0.05) is 11.2 Å². The van der Waals surface area contributed by atoms with Gasteiger partial charge in [-0.15, -0.1) is 0 Å². The first kappa shape index (κ1) is 22.9. The highest BCUT2D eigenvalue weighted by Crippen LogP contribution is 2.24. The minimum atomic E-state index is -3.96. The Morgan fingerprint density at radius 1 is 1.07 bits per heavy atom. The number of anilines is 1. The molecule has 7 nitrogen and oxygen atoms in total. The Balaban J connectivity index is 2.16. The van der Waals surface area contributed by atoms with E-state index in [0.717, 1.165) is 6.07 Å². The van der Waals surface area contributed by atoms with Crippen LogP contribution in [-0.4, -0.2) is 31.9 Å². The zero-order chi connectivity index (χ0) is 21.8. The molecule has 0 spiro atoms. The van der Waals surface area contributed by atoms with Crippen molar-refractivity contribution in [3.05, 3.63) is 59.1 Å². The maximum Gasteiger partial charge on any atom is 0.338 e. The summed E-state index contributed by atoms with van der Waals surface area (Å²) in [5.41, 5.74) is -0.209. The average molecular weight is 439 g/mol. The molecule has 0 radical (unpaired) electrons. The van der Waals surface area contributed by atoms with E-state index >= 15 is 0 Å². The highest BCUT2D eigenvalue weighted by Gasteiger charge is 2.26. The van der Waals surface area contributed by atoms with Gasteiger partial charge in [-0.1, -0.05) is 29.8 Å². The Bertz CT molecular complexity index is 1000. The number of sulfonamides is 1. The van der Waals surface area contributed by atoms with Crippen LogP contribution in [0.3, 0.4) is 0 Å². The van der Waals surface area contributed by atoms with E-state index in [9.17, 15) is 18.0 Å². The molecular weight excluding hydrogens is 416 g/mol. The summed E-state index contributed by atoms with van der Waals surface area (Å²) < 4.78 is 32.8. The predicted molar refractivity (Wildman–Crippen MR) is 111 cm³/mol. The second-order valence-corrected chi connectivity index (χ2v) is 9.46. The van der Waals surface area contributed by atoms with Gasteiger partial charge in [0.2, 0.25) is 10.0 Å². The van der Waals surface area contributed by atoms with Crippen LogP contribution in [0.1, 0.15) is 38.1 Å². The first-order valence-corrected chi connectivity index (χ1v) is 10.7. The van der Waals surface area contributed by atoms with E-state index < -0.39 is 33.5 Å². The van der Waals surface area contributed by atoms with Crippen molar-refractivity contribution in [2.75, 3.05) is 5.32 Å². The second-order valence-electron chi connectivity index (χ2n) is 7.40. The van der Waals surface area contributed by atoms with Crippen molar-refractivity contribution >= 4 is 39.2 Å². The Morgan fingerprint density at radius 3 is 2.28 bits per heavy atom. The molecular formula is C20H23ClN2O5S. The maximum absolute atomic E-state index is 12.6. The molecule has 0 saturated heterocycles. The summed E-state index contributed by atoms with van der Waals surface area (Å²) in [6, 6.07) is 12.5. The summed E-state index contributed by atoms with van der Waals surface area (Å²) >= 11 is 6.03. The van der Waals surface area contributed by atoms with E-state index in [0.29, 0.717) is 5.69 Å². The SMILES string of the molecule is CC(OC(=O)c1ccc(Cl)c(S(=O)(=O)NC(C)(C)C)c1)C(=O)Nc1ccccc1. The highest BCUT2D eigenvalue weighted by atomic mass is 35.5. The van der Waals surface area contributed by atoms with Gasteiger partial charge in [-0.2, -0.15) is 0 Å². The number of carbonyl (C=O) groups is 2. The van der Waals surface area contributed by atoms with E-state index in [1.54, 1.807) is 51.1 Å². The lowest BCUT2D eigenvalue weighted by Gasteiger charge is -2.21. The van der Waals surface area contributed by atoms with Gasteiger partial charge in [-0.25, -0.2) is 17.9 Å². The van der Waals surface area contributed by atoms with Crippen LogP contribution in [-0.2, 0) is 19.6 Å². The van der Waals surface area contributed by atoms with Crippen LogP contribution in [0, 0.1) is 0 Å². The molecule has 0 aliphatic rings. The van der Waals surface area contributed by atoms with Gasteiger partial charge >= 0.3 is 5.97 Å². The average Bonchev–Trinajstić information content (AvgIpc) is 2.60. The summed E-state index contributed by atoms with van der Waals surface area (Å²) in [5.74, 6) is -1.36. The van der Waals surface area contributed by atoms with Crippen molar-refractivity contribution < 1.29 is 22.7 Å². The molecule has 1 atom stereocenters. The molecule has 0 aliphatic heterocycles. The molecule has 2 N–H and O–H groups in total. The van der Waals surface area contributed by atoms with E-state index in [-0.39, 0.29) is 15.5 Å². The minimum Gasteiger partial charge on any atom is -0.449 e. The van der Waals surface area contributed by atoms with Crippen molar-refractivity contribution in [1.82, 2.24) is 4.72 Å². The first-order chi connectivity index (χ1) is 13.4. The standard InChI is InChI=1S/C20H23ClN2O5S/c1-13(18(24)22-15-8-6-5-7-9-15)28-19(25)14-10-11-16(21)17(12-14)29(26,27)23-20(2,3)4/h5-13,23H,1-4H3,(H,22,24). The number of benzene rings is 2. The molecule has 1 unspecified atom stereocenters. The second kappa shape index (κ2) is 8.94. The van der Waals surface area contributed by atoms with Gasteiger partial charge in [0.1, 0.15) is 4.90 Å². The number of esters is 1. The summed E-state index contributed by atoms with van der Waals surface area (Å²) in [7, 11) is -3.96. The number of nitrogens with one attached hydrogen (secondary N) is 2. The number of rotatable bonds is 6. The van der Waals surface area contributed by atoms with Crippen LogP contribution in [0.2, 0.25) is 5.02 Å². The van der Waals surface area contributed by atoms with Crippen molar-refractivity contribution in [2.24, 2.45) is 0 Å². The molecule has 29 heavy (non-hydrogen) atoms. The van der Waals surface area contributed by atoms with Crippen LogP contribution < -0.4 is 10.0 Å². The summed E-state index contributed by atoms with van der Waals surface area (Å²) in [5, 5.41) is 2.59. The van der Waals surface area contributed by atoms with Gasteiger partial charge in [0.05, 0.1) is 10.6 Å². The summed E-state index contributed by atoms with van der Waals surface area (Å²) in [4.78, 5) is 24.4. The molecule has 1 amide bonds. The molecule has 0 aromatic heterocycles. The number of amides is 1. The number of para-hydroxylation sites is 1. The maximum atomic E-state index is 12.6. The predicted octanol–water partition coefficient (Wildman–Crippen LogP) is 3.60. The van der Waals surface area contributed by atoms with E-state index in [4.69, 9.17) is 16.3 Å². The lowest BCUT2D eigenvalue weighted by Crippen LogP contribution is -2.40. The first-order valence-electron chi connectivity index (χ1n) is 8.79. The molecule has 9 heteroatoms. The van der Waals surface area contributed by atoms with Crippen molar-refractivity contribution in [2.45, 2.75) is 44.2 Å². The fraction of sp³-hybridized carbons (Fsp3) is 0.300. The van der Waals surface area contributed by atoms with Crippen LogP contribution in [0.15, 0.2) is 53.4 Å². The van der Waals surface area contributed by atoms with Crippen LogP contribution >= 0.6 is 11.6 Å². The molecule has 2 aromatic rings. The van der Waals surface area contributed by atoms with Crippen LogP contribution in [0.4, 0.5) is 5.69 Å². The molecule has 0 heterocycles. The van der Waals surface area contributed by atoms with Crippen LogP contribution in [0.5, 0.6) is 0 Å². The van der Waals surface area contributed by atoms with Gasteiger partial charge < -0.3 is 10.1 Å². The number of hydrogen-bond acceptors (Lipinski definition) is 5. The molecule has 156 valence electrons. The van der Waals surface area contributed by atoms with E-state index in [1.165, 1.54) is 19.1 Å². The molecule has 2 aromatic carbocycles. The largest absolute Gasteiger partial charge is 0.449 e. The Hall–Kier alpha value is -2.42. The topological polar surface area (TPSA) is 102 Å². The van der Waals surface area contributed by atoms with Gasteiger partial charge in [-0.3, -0.25) is 4.79 Å². The zero-order valence-corrected chi connectivity index (χ0v) is 18.1. The molecule has 0 fully saturated rings. The monoisotopic (exact) mass is 438 g/mol.